The first kappa shape index (κ1) is 11.6. The lowest BCUT2D eigenvalue weighted by atomic mass is 9.95. The third-order valence-corrected chi connectivity index (χ3v) is 3.31. The third-order valence-electron chi connectivity index (χ3n) is 2.40. The van der Waals surface area contributed by atoms with Crippen molar-refractivity contribution in [2.24, 2.45) is 0 Å². The fraction of sp³-hybridized carbons (Fsp3) is 0.500. The van der Waals surface area contributed by atoms with Gasteiger partial charge >= 0.3 is 0 Å². The summed E-state index contributed by atoms with van der Waals surface area (Å²) in [5.74, 6) is 1.01. The molecule has 14 heavy (non-hydrogen) atoms. The van der Waals surface area contributed by atoms with E-state index in [-0.39, 0.29) is 0 Å². The SMILES string of the molecule is CC(C)c1cc(N)cc(C(C)C)c1Br. The van der Waals surface area contributed by atoms with Crippen LogP contribution in [0.5, 0.6) is 0 Å². The van der Waals surface area contributed by atoms with Crippen molar-refractivity contribution in [3.05, 3.63) is 27.7 Å². The molecule has 1 aromatic rings. The van der Waals surface area contributed by atoms with Gasteiger partial charge in [-0.2, -0.15) is 0 Å². The van der Waals surface area contributed by atoms with E-state index < -0.39 is 0 Å². The molecule has 0 fully saturated rings. The topological polar surface area (TPSA) is 26.0 Å². The van der Waals surface area contributed by atoms with Crippen molar-refractivity contribution in [3.63, 3.8) is 0 Å². The van der Waals surface area contributed by atoms with Crippen LogP contribution in [0.4, 0.5) is 5.69 Å². The minimum absolute atomic E-state index is 0.505. The molecule has 1 nitrogen and oxygen atoms in total. The molecule has 0 saturated carbocycles. The van der Waals surface area contributed by atoms with E-state index in [2.05, 4.69) is 55.8 Å². The molecule has 0 heterocycles. The van der Waals surface area contributed by atoms with Crippen molar-refractivity contribution in [2.45, 2.75) is 39.5 Å². The standard InChI is InChI=1S/C12H18BrN/c1-7(2)10-5-9(14)6-11(8(3)4)12(10)13/h5-8H,14H2,1-4H3. The number of hydrogen-bond donors (Lipinski definition) is 1. The molecule has 0 saturated heterocycles. The highest BCUT2D eigenvalue weighted by molar-refractivity contribution is 9.10. The van der Waals surface area contributed by atoms with Crippen LogP contribution in [0.15, 0.2) is 16.6 Å². The molecule has 78 valence electrons. The maximum absolute atomic E-state index is 5.88. The van der Waals surface area contributed by atoms with Crippen molar-refractivity contribution in [1.29, 1.82) is 0 Å². The fourth-order valence-electron chi connectivity index (χ4n) is 1.53. The van der Waals surface area contributed by atoms with E-state index in [9.17, 15) is 0 Å². The van der Waals surface area contributed by atoms with Crippen molar-refractivity contribution >= 4 is 21.6 Å². The summed E-state index contributed by atoms with van der Waals surface area (Å²) in [5.41, 5.74) is 9.34. The molecule has 0 bridgehead atoms. The van der Waals surface area contributed by atoms with Gasteiger partial charge in [0, 0.05) is 10.2 Å². The Bertz CT molecular complexity index is 300. The zero-order chi connectivity index (χ0) is 10.9. The molecule has 2 heteroatoms. The first-order valence-corrected chi connectivity index (χ1v) is 5.81. The van der Waals surface area contributed by atoms with Crippen LogP contribution in [0.25, 0.3) is 0 Å². The molecule has 0 unspecified atom stereocenters. The van der Waals surface area contributed by atoms with Gasteiger partial charge in [0.05, 0.1) is 0 Å². The Morgan fingerprint density at radius 3 is 1.64 bits per heavy atom. The van der Waals surface area contributed by atoms with Gasteiger partial charge in [-0.1, -0.05) is 43.6 Å². The van der Waals surface area contributed by atoms with Crippen molar-refractivity contribution in [3.8, 4) is 0 Å². The van der Waals surface area contributed by atoms with Crippen LogP contribution in [-0.4, -0.2) is 0 Å². The Labute approximate surface area is 94.8 Å². The molecule has 0 radical (unpaired) electrons. The third kappa shape index (κ3) is 2.30. The molecule has 0 spiro atoms. The average molecular weight is 256 g/mol. The largest absolute Gasteiger partial charge is 0.399 e. The first-order valence-electron chi connectivity index (χ1n) is 5.02. The predicted octanol–water partition coefficient (Wildman–Crippen LogP) is 4.28. The molecular formula is C12H18BrN. The summed E-state index contributed by atoms with van der Waals surface area (Å²) in [6.07, 6.45) is 0. The highest BCUT2D eigenvalue weighted by atomic mass is 79.9. The van der Waals surface area contributed by atoms with Crippen LogP contribution >= 0.6 is 15.9 Å². The van der Waals surface area contributed by atoms with Crippen molar-refractivity contribution < 1.29 is 0 Å². The molecule has 0 aliphatic heterocycles. The van der Waals surface area contributed by atoms with E-state index in [1.54, 1.807) is 0 Å². The van der Waals surface area contributed by atoms with E-state index in [0.717, 1.165) is 5.69 Å². The van der Waals surface area contributed by atoms with Gasteiger partial charge < -0.3 is 5.73 Å². The van der Waals surface area contributed by atoms with Crippen LogP contribution in [0.2, 0.25) is 0 Å². The molecule has 0 atom stereocenters. The Balaban J connectivity index is 3.32. The molecule has 1 rings (SSSR count). The van der Waals surface area contributed by atoms with Crippen molar-refractivity contribution in [1.82, 2.24) is 0 Å². The minimum atomic E-state index is 0.505. The molecule has 0 aromatic heterocycles. The smallest absolute Gasteiger partial charge is 0.0320 e. The van der Waals surface area contributed by atoms with Crippen LogP contribution in [0.3, 0.4) is 0 Å². The monoisotopic (exact) mass is 255 g/mol. The molecule has 0 aliphatic carbocycles. The van der Waals surface area contributed by atoms with Gasteiger partial charge in [0.2, 0.25) is 0 Å². The highest BCUT2D eigenvalue weighted by Gasteiger charge is 2.12. The van der Waals surface area contributed by atoms with Crippen molar-refractivity contribution in [2.75, 3.05) is 5.73 Å². The number of rotatable bonds is 2. The van der Waals surface area contributed by atoms with Gasteiger partial charge in [0.25, 0.3) is 0 Å². The van der Waals surface area contributed by atoms with E-state index in [0.29, 0.717) is 11.8 Å². The average Bonchev–Trinajstić information content (AvgIpc) is 2.07. The fourth-order valence-corrected chi connectivity index (χ4v) is 2.68. The molecule has 0 aliphatic rings. The summed E-state index contributed by atoms with van der Waals surface area (Å²) in [6, 6.07) is 4.11. The Kier molecular flexibility index (Phi) is 3.59. The number of nitrogen functional groups attached to an aromatic ring is 1. The molecule has 1 aromatic carbocycles. The number of halogens is 1. The summed E-state index contributed by atoms with van der Waals surface area (Å²) in [6.45, 7) is 8.74. The van der Waals surface area contributed by atoms with Crippen LogP contribution < -0.4 is 5.73 Å². The second kappa shape index (κ2) is 4.35. The lowest BCUT2D eigenvalue weighted by Crippen LogP contribution is -1.99. The van der Waals surface area contributed by atoms with Gasteiger partial charge in [-0.25, -0.2) is 0 Å². The number of hydrogen-bond acceptors (Lipinski definition) is 1. The van der Waals surface area contributed by atoms with E-state index in [4.69, 9.17) is 5.73 Å². The normalized spacial score (nSPS) is 11.4. The van der Waals surface area contributed by atoms with E-state index >= 15 is 0 Å². The summed E-state index contributed by atoms with van der Waals surface area (Å²) in [7, 11) is 0. The minimum Gasteiger partial charge on any atom is -0.399 e. The molecule has 2 N–H and O–H groups in total. The van der Waals surface area contributed by atoms with E-state index in [1.807, 2.05) is 0 Å². The second-order valence-corrected chi connectivity index (χ2v) is 5.12. The lowest BCUT2D eigenvalue weighted by Gasteiger charge is -2.16. The van der Waals surface area contributed by atoms with Gasteiger partial charge in [0.15, 0.2) is 0 Å². The van der Waals surface area contributed by atoms with Crippen LogP contribution in [0, 0.1) is 0 Å². The van der Waals surface area contributed by atoms with E-state index in [1.165, 1.54) is 15.6 Å². The Morgan fingerprint density at radius 1 is 1.00 bits per heavy atom. The lowest BCUT2D eigenvalue weighted by molar-refractivity contribution is 0.825. The molecular weight excluding hydrogens is 238 g/mol. The second-order valence-electron chi connectivity index (χ2n) is 4.32. The maximum atomic E-state index is 5.88. The van der Waals surface area contributed by atoms with Gasteiger partial charge in [-0.15, -0.1) is 0 Å². The molecule has 0 amide bonds. The zero-order valence-corrected chi connectivity index (χ0v) is 10.9. The quantitative estimate of drug-likeness (QED) is 0.785. The zero-order valence-electron chi connectivity index (χ0n) is 9.26. The van der Waals surface area contributed by atoms with Crippen LogP contribution in [-0.2, 0) is 0 Å². The maximum Gasteiger partial charge on any atom is 0.0320 e. The van der Waals surface area contributed by atoms with Crippen LogP contribution in [0.1, 0.15) is 50.7 Å². The summed E-state index contributed by atoms with van der Waals surface area (Å²) < 4.78 is 1.22. The first-order chi connectivity index (χ1) is 6.43. The highest BCUT2D eigenvalue weighted by Crippen LogP contribution is 2.34. The van der Waals surface area contributed by atoms with Gasteiger partial charge in [-0.05, 0) is 35.1 Å². The number of benzene rings is 1. The predicted molar refractivity (Wildman–Crippen MR) is 66.7 cm³/mol. The Morgan fingerprint density at radius 2 is 1.36 bits per heavy atom. The summed E-state index contributed by atoms with van der Waals surface area (Å²) in [4.78, 5) is 0. The Hall–Kier alpha value is -0.500. The summed E-state index contributed by atoms with van der Waals surface area (Å²) in [5, 5.41) is 0. The number of nitrogens with two attached hydrogens (primary N) is 1. The summed E-state index contributed by atoms with van der Waals surface area (Å²) >= 11 is 3.66. The van der Waals surface area contributed by atoms with Gasteiger partial charge in [-0.3, -0.25) is 0 Å². The number of anilines is 1. The van der Waals surface area contributed by atoms with Gasteiger partial charge in [0.1, 0.15) is 0 Å².